The van der Waals surface area contributed by atoms with Gasteiger partial charge in [0, 0.05) is 5.56 Å². The lowest BCUT2D eigenvalue weighted by molar-refractivity contribution is -0.116. The second kappa shape index (κ2) is 5.44. The molecule has 1 aliphatic rings. The molecule has 3 rings (SSSR count). The van der Waals surface area contributed by atoms with Gasteiger partial charge in [0.05, 0.1) is 23.4 Å². The summed E-state index contributed by atoms with van der Waals surface area (Å²) < 4.78 is 5.05. The number of hydrogen-bond donors (Lipinski definition) is 1. The highest BCUT2D eigenvalue weighted by Gasteiger charge is 2.41. The van der Waals surface area contributed by atoms with Crippen molar-refractivity contribution in [2.24, 2.45) is 0 Å². The Balaban J connectivity index is 2.04. The van der Waals surface area contributed by atoms with Crippen LogP contribution >= 0.6 is 11.6 Å². The Kier molecular flexibility index (Phi) is 3.60. The van der Waals surface area contributed by atoms with Gasteiger partial charge in [-0.1, -0.05) is 29.8 Å². The Labute approximate surface area is 131 Å². The molecule has 0 bridgehead atoms. The number of para-hydroxylation sites is 1. The maximum atomic E-state index is 12.2. The second-order valence-corrected chi connectivity index (χ2v) is 5.19. The number of ketones is 1. The summed E-state index contributed by atoms with van der Waals surface area (Å²) in [7, 11) is 1.53. The van der Waals surface area contributed by atoms with Gasteiger partial charge in [-0.05, 0) is 24.3 Å². The van der Waals surface area contributed by atoms with E-state index in [-0.39, 0.29) is 16.3 Å². The zero-order valence-electron chi connectivity index (χ0n) is 11.6. The quantitative estimate of drug-likeness (QED) is 0.884. The molecule has 0 spiro atoms. The predicted octanol–water partition coefficient (Wildman–Crippen LogP) is 2.57. The lowest BCUT2D eigenvalue weighted by Gasteiger charge is -2.24. The Bertz CT molecular complexity index is 757. The number of carbonyl (C=O) groups excluding carboxylic acids is 2. The number of rotatable bonds is 3. The third kappa shape index (κ3) is 2.15. The smallest absolute Gasteiger partial charge is 0.301 e. The highest BCUT2D eigenvalue weighted by atomic mass is 35.5. The Morgan fingerprint density at radius 2 is 1.82 bits per heavy atom. The molecule has 1 amide bonds. The van der Waals surface area contributed by atoms with E-state index < -0.39 is 17.9 Å². The number of fused-ring (bicyclic) bond motifs is 1. The van der Waals surface area contributed by atoms with Gasteiger partial charge in [0.2, 0.25) is 0 Å². The molecular weight excluding hydrogens is 306 g/mol. The summed E-state index contributed by atoms with van der Waals surface area (Å²) in [6.45, 7) is 0. The van der Waals surface area contributed by atoms with E-state index in [2.05, 4.69) is 0 Å². The summed E-state index contributed by atoms with van der Waals surface area (Å²) in [5.41, 5.74) is 0.891. The summed E-state index contributed by atoms with van der Waals surface area (Å²) in [4.78, 5) is 25.2. The standard InChI is InChI=1S/C16H12ClNO4/c1-22-10-7-5-9(6-8-10)15(20)18-13-11(14(19)16(18)21)3-2-4-12(13)17/h2-8,15,20H,1H3. The van der Waals surface area contributed by atoms with Gasteiger partial charge < -0.3 is 9.84 Å². The molecule has 2 aromatic rings. The van der Waals surface area contributed by atoms with Crippen LogP contribution in [0.3, 0.4) is 0 Å². The van der Waals surface area contributed by atoms with Crippen LogP contribution in [0.1, 0.15) is 22.1 Å². The van der Waals surface area contributed by atoms with Crippen molar-refractivity contribution in [3.8, 4) is 5.75 Å². The van der Waals surface area contributed by atoms with E-state index in [0.717, 1.165) is 4.90 Å². The number of aliphatic hydroxyl groups is 1. The van der Waals surface area contributed by atoms with Crippen LogP contribution in [0.2, 0.25) is 5.02 Å². The fourth-order valence-corrected chi connectivity index (χ4v) is 2.69. The van der Waals surface area contributed by atoms with Gasteiger partial charge in [0.1, 0.15) is 5.75 Å². The number of Topliss-reactive ketones (excluding diaryl/α,β-unsaturated/α-hetero) is 1. The molecule has 2 aromatic carbocycles. The fourth-order valence-electron chi connectivity index (χ4n) is 2.43. The van der Waals surface area contributed by atoms with Gasteiger partial charge in [-0.15, -0.1) is 0 Å². The summed E-state index contributed by atoms with van der Waals surface area (Å²) in [6, 6.07) is 11.2. The minimum atomic E-state index is -1.30. The molecule has 1 heterocycles. The molecule has 1 N–H and O–H groups in total. The van der Waals surface area contributed by atoms with E-state index in [1.165, 1.54) is 13.2 Å². The largest absolute Gasteiger partial charge is 0.497 e. The lowest BCUT2D eigenvalue weighted by atomic mass is 10.1. The minimum absolute atomic E-state index is 0.199. The van der Waals surface area contributed by atoms with Crippen molar-refractivity contribution in [1.82, 2.24) is 0 Å². The van der Waals surface area contributed by atoms with Crippen LogP contribution in [0.5, 0.6) is 5.75 Å². The summed E-state index contributed by atoms with van der Waals surface area (Å²) in [6.07, 6.45) is -1.30. The number of anilines is 1. The van der Waals surface area contributed by atoms with E-state index in [1.54, 1.807) is 36.4 Å². The molecule has 6 heteroatoms. The first kappa shape index (κ1) is 14.6. The molecule has 22 heavy (non-hydrogen) atoms. The van der Waals surface area contributed by atoms with Crippen molar-refractivity contribution < 1.29 is 19.4 Å². The number of amides is 1. The van der Waals surface area contributed by atoms with Gasteiger partial charge >= 0.3 is 5.91 Å². The number of nitrogens with zero attached hydrogens (tertiary/aromatic N) is 1. The number of benzene rings is 2. The maximum Gasteiger partial charge on any atom is 0.301 e. The van der Waals surface area contributed by atoms with Gasteiger partial charge in [-0.2, -0.15) is 0 Å². The number of carbonyl (C=O) groups is 2. The van der Waals surface area contributed by atoms with Gasteiger partial charge in [-0.3, -0.25) is 14.5 Å². The Hall–Kier alpha value is -2.37. The molecule has 5 nitrogen and oxygen atoms in total. The van der Waals surface area contributed by atoms with Crippen LogP contribution in [-0.4, -0.2) is 23.9 Å². The van der Waals surface area contributed by atoms with Crippen molar-refractivity contribution in [3.63, 3.8) is 0 Å². The third-order valence-electron chi connectivity index (χ3n) is 3.54. The van der Waals surface area contributed by atoms with Gasteiger partial charge in [0.15, 0.2) is 6.23 Å². The molecule has 1 atom stereocenters. The van der Waals surface area contributed by atoms with Crippen LogP contribution in [0, 0.1) is 0 Å². The van der Waals surface area contributed by atoms with Crippen LogP contribution in [0.25, 0.3) is 0 Å². The summed E-state index contributed by atoms with van der Waals surface area (Å²) in [5, 5.41) is 10.7. The van der Waals surface area contributed by atoms with E-state index in [4.69, 9.17) is 16.3 Å². The van der Waals surface area contributed by atoms with Crippen molar-refractivity contribution in [2.75, 3.05) is 12.0 Å². The number of halogens is 1. The number of aliphatic hydroxyl groups excluding tert-OH is 1. The molecule has 0 saturated carbocycles. The van der Waals surface area contributed by atoms with Crippen LogP contribution in [0.15, 0.2) is 42.5 Å². The number of hydrogen-bond acceptors (Lipinski definition) is 4. The molecule has 1 aliphatic heterocycles. The van der Waals surface area contributed by atoms with E-state index in [1.807, 2.05) is 0 Å². The topological polar surface area (TPSA) is 66.8 Å². The zero-order chi connectivity index (χ0) is 15.9. The summed E-state index contributed by atoms with van der Waals surface area (Å²) in [5.74, 6) is -0.852. The van der Waals surface area contributed by atoms with Crippen molar-refractivity contribution >= 4 is 29.0 Å². The van der Waals surface area contributed by atoms with Gasteiger partial charge in [-0.25, -0.2) is 0 Å². The van der Waals surface area contributed by atoms with Crippen LogP contribution in [0.4, 0.5) is 5.69 Å². The molecular formula is C16H12ClNO4. The summed E-state index contributed by atoms with van der Waals surface area (Å²) >= 11 is 6.10. The molecule has 112 valence electrons. The Morgan fingerprint density at radius 1 is 1.14 bits per heavy atom. The molecule has 0 saturated heterocycles. The average Bonchev–Trinajstić information content (AvgIpc) is 2.80. The molecule has 0 aliphatic carbocycles. The lowest BCUT2D eigenvalue weighted by Crippen LogP contribution is -2.33. The van der Waals surface area contributed by atoms with Crippen LogP contribution in [-0.2, 0) is 4.79 Å². The SMILES string of the molecule is COc1ccc(C(O)N2C(=O)C(=O)c3cccc(Cl)c32)cc1. The molecule has 0 aromatic heterocycles. The minimum Gasteiger partial charge on any atom is -0.497 e. The zero-order valence-corrected chi connectivity index (χ0v) is 12.4. The van der Waals surface area contributed by atoms with Gasteiger partial charge in [0.25, 0.3) is 5.78 Å². The van der Waals surface area contributed by atoms with Crippen LogP contribution < -0.4 is 9.64 Å². The third-order valence-corrected chi connectivity index (χ3v) is 3.85. The van der Waals surface area contributed by atoms with Crippen molar-refractivity contribution in [3.05, 3.63) is 58.6 Å². The monoisotopic (exact) mass is 317 g/mol. The number of ether oxygens (including phenoxy) is 1. The molecule has 1 unspecified atom stereocenters. The fraction of sp³-hybridized carbons (Fsp3) is 0.125. The second-order valence-electron chi connectivity index (χ2n) is 4.79. The van der Waals surface area contributed by atoms with Crippen molar-refractivity contribution in [1.29, 1.82) is 0 Å². The molecule has 0 fully saturated rings. The van der Waals surface area contributed by atoms with Crippen molar-refractivity contribution in [2.45, 2.75) is 6.23 Å². The normalized spacial score (nSPS) is 15.0. The highest BCUT2D eigenvalue weighted by Crippen LogP contribution is 2.40. The molecule has 0 radical (unpaired) electrons. The van der Waals surface area contributed by atoms with E-state index in [0.29, 0.717) is 11.3 Å². The average molecular weight is 318 g/mol. The highest BCUT2D eigenvalue weighted by molar-refractivity contribution is 6.54. The van der Waals surface area contributed by atoms with E-state index >= 15 is 0 Å². The number of methoxy groups -OCH3 is 1. The Morgan fingerprint density at radius 3 is 2.45 bits per heavy atom. The predicted molar refractivity (Wildman–Crippen MR) is 81.2 cm³/mol. The van der Waals surface area contributed by atoms with E-state index in [9.17, 15) is 14.7 Å². The first-order chi connectivity index (χ1) is 10.5. The first-order valence-electron chi connectivity index (χ1n) is 6.53. The maximum absolute atomic E-state index is 12.2. The first-order valence-corrected chi connectivity index (χ1v) is 6.91.